The van der Waals surface area contributed by atoms with Gasteiger partial charge in [0, 0.05) is 11.1 Å². The van der Waals surface area contributed by atoms with Crippen LogP contribution >= 0.6 is 11.6 Å². The maximum atomic E-state index is 13.5. The van der Waals surface area contributed by atoms with Crippen LogP contribution in [0.5, 0.6) is 5.75 Å². The molecule has 0 saturated carbocycles. The van der Waals surface area contributed by atoms with Gasteiger partial charge in [-0.15, -0.1) is 0 Å². The molecule has 2 aromatic rings. The van der Waals surface area contributed by atoms with Gasteiger partial charge in [0.05, 0.1) is 19.6 Å². The van der Waals surface area contributed by atoms with Gasteiger partial charge in [0.1, 0.15) is 5.82 Å². The molecule has 5 nitrogen and oxygen atoms in total. The molecular weight excluding hydrogens is 368 g/mol. The lowest BCUT2D eigenvalue weighted by Crippen LogP contribution is -2.34. The summed E-state index contributed by atoms with van der Waals surface area (Å²) in [6, 6.07) is 8.66. The summed E-state index contributed by atoms with van der Waals surface area (Å²) in [5.74, 6) is -3.02. The molecular formula is C18H16ClF2NO4. The van der Waals surface area contributed by atoms with E-state index in [9.17, 15) is 18.4 Å². The van der Waals surface area contributed by atoms with Crippen LogP contribution in [0.15, 0.2) is 42.5 Å². The van der Waals surface area contributed by atoms with Gasteiger partial charge in [-0.3, -0.25) is 9.59 Å². The molecule has 1 N–H and O–H groups in total. The van der Waals surface area contributed by atoms with Crippen LogP contribution in [0.1, 0.15) is 18.0 Å². The Morgan fingerprint density at radius 3 is 2.46 bits per heavy atom. The second-order valence-electron chi connectivity index (χ2n) is 5.32. The van der Waals surface area contributed by atoms with Gasteiger partial charge in [-0.25, -0.2) is 8.78 Å². The van der Waals surface area contributed by atoms with E-state index < -0.39 is 36.2 Å². The Morgan fingerprint density at radius 1 is 1.15 bits per heavy atom. The summed E-state index contributed by atoms with van der Waals surface area (Å²) < 4.78 is 36.1. The first-order valence-electron chi connectivity index (χ1n) is 7.58. The molecule has 1 atom stereocenters. The van der Waals surface area contributed by atoms with Crippen molar-refractivity contribution < 1.29 is 27.8 Å². The van der Waals surface area contributed by atoms with E-state index >= 15 is 0 Å². The van der Waals surface area contributed by atoms with Crippen molar-refractivity contribution in [2.45, 2.75) is 12.5 Å². The van der Waals surface area contributed by atoms with Crippen LogP contribution in [-0.4, -0.2) is 25.6 Å². The van der Waals surface area contributed by atoms with Crippen molar-refractivity contribution in [2.24, 2.45) is 0 Å². The molecule has 2 rings (SSSR count). The number of amides is 1. The molecule has 0 spiro atoms. The molecule has 1 unspecified atom stereocenters. The molecule has 0 fully saturated rings. The molecule has 0 heterocycles. The molecule has 0 aliphatic heterocycles. The van der Waals surface area contributed by atoms with Crippen LogP contribution in [0.25, 0.3) is 0 Å². The smallest absolute Gasteiger partial charge is 0.307 e. The van der Waals surface area contributed by atoms with Crippen molar-refractivity contribution in [3.8, 4) is 5.75 Å². The van der Waals surface area contributed by atoms with E-state index in [2.05, 4.69) is 10.1 Å². The van der Waals surface area contributed by atoms with E-state index in [1.165, 1.54) is 7.11 Å². The van der Waals surface area contributed by atoms with Gasteiger partial charge in [0.15, 0.2) is 18.2 Å². The van der Waals surface area contributed by atoms with Gasteiger partial charge in [0.2, 0.25) is 0 Å². The maximum absolute atomic E-state index is 13.5. The molecule has 8 heteroatoms. The fourth-order valence-electron chi connectivity index (χ4n) is 2.17. The number of hydrogen-bond donors (Lipinski definition) is 1. The fraction of sp³-hybridized carbons (Fsp3) is 0.222. The standard InChI is InChI=1S/C18H16ClF2NO4/c1-25-18(24)9-15(11-2-4-12(19)5-3-11)22-17(23)10-26-16-7-6-13(20)8-14(16)21/h2-8,15H,9-10H2,1H3,(H,22,23). The van der Waals surface area contributed by atoms with E-state index in [1.54, 1.807) is 24.3 Å². The number of ether oxygens (including phenoxy) is 2. The highest BCUT2D eigenvalue weighted by Crippen LogP contribution is 2.21. The Hall–Kier alpha value is -2.67. The van der Waals surface area contributed by atoms with Crippen molar-refractivity contribution >= 4 is 23.5 Å². The fourth-order valence-corrected chi connectivity index (χ4v) is 2.29. The van der Waals surface area contributed by atoms with Crippen LogP contribution in [0.4, 0.5) is 8.78 Å². The second-order valence-corrected chi connectivity index (χ2v) is 5.75. The predicted octanol–water partition coefficient (Wildman–Crippen LogP) is 3.42. The van der Waals surface area contributed by atoms with Crippen LogP contribution in [0.2, 0.25) is 5.02 Å². The van der Waals surface area contributed by atoms with E-state index in [4.69, 9.17) is 16.3 Å². The third-order valence-electron chi connectivity index (χ3n) is 3.46. The largest absolute Gasteiger partial charge is 0.481 e. The average Bonchev–Trinajstić information content (AvgIpc) is 2.61. The number of methoxy groups -OCH3 is 1. The van der Waals surface area contributed by atoms with Crippen molar-refractivity contribution in [2.75, 3.05) is 13.7 Å². The average molecular weight is 384 g/mol. The van der Waals surface area contributed by atoms with Crippen LogP contribution in [-0.2, 0) is 14.3 Å². The predicted molar refractivity (Wildman–Crippen MR) is 90.8 cm³/mol. The zero-order valence-electron chi connectivity index (χ0n) is 13.8. The SMILES string of the molecule is COC(=O)CC(NC(=O)COc1ccc(F)cc1F)c1ccc(Cl)cc1. The molecule has 0 aromatic heterocycles. The third kappa shape index (κ3) is 5.70. The zero-order valence-corrected chi connectivity index (χ0v) is 14.6. The minimum atomic E-state index is -0.915. The zero-order chi connectivity index (χ0) is 19.1. The van der Waals surface area contributed by atoms with Gasteiger partial charge < -0.3 is 14.8 Å². The van der Waals surface area contributed by atoms with Crippen LogP contribution in [0.3, 0.4) is 0 Å². The Morgan fingerprint density at radius 2 is 1.85 bits per heavy atom. The number of nitrogens with one attached hydrogen (secondary N) is 1. The molecule has 0 aliphatic carbocycles. The number of esters is 1. The molecule has 0 radical (unpaired) electrons. The second kappa shape index (κ2) is 9.15. The van der Waals surface area contributed by atoms with E-state index in [0.29, 0.717) is 16.7 Å². The van der Waals surface area contributed by atoms with Crippen LogP contribution < -0.4 is 10.1 Å². The first-order valence-corrected chi connectivity index (χ1v) is 7.96. The molecule has 138 valence electrons. The molecule has 2 aromatic carbocycles. The minimum Gasteiger partial charge on any atom is -0.481 e. The molecule has 0 saturated heterocycles. The highest BCUT2D eigenvalue weighted by molar-refractivity contribution is 6.30. The topological polar surface area (TPSA) is 64.6 Å². The quantitative estimate of drug-likeness (QED) is 0.744. The Bertz CT molecular complexity index is 783. The van der Waals surface area contributed by atoms with Gasteiger partial charge >= 0.3 is 5.97 Å². The third-order valence-corrected chi connectivity index (χ3v) is 3.71. The lowest BCUT2D eigenvalue weighted by Gasteiger charge is -2.18. The molecule has 0 bridgehead atoms. The monoisotopic (exact) mass is 383 g/mol. The normalized spacial score (nSPS) is 11.5. The summed E-state index contributed by atoms with van der Waals surface area (Å²) in [4.78, 5) is 23.7. The van der Waals surface area contributed by atoms with Crippen molar-refractivity contribution in [3.05, 3.63) is 64.7 Å². The van der Waals surface area contributed by atoms with E-state index in [1.807, 2.05) is 0 Å². The van der Waals surface area contributed by atoms with Gasteiger partial charge in [0.25, 0.3) is 5.91 Å². The lowest BCUT2D eigenvalue weighted by atomic mass is 10.0. The maximum Gasteiger partial charge on any atom is 0.307 e. The van der Waals surface area contributed by atoms with Crippen molar-refractivity contribution in [1.29, 1.82) is 0 Å². The van der Waals surface area contributed by atoms with Crippen molar-refractivity contribution in [1.82, 2.24) is 5.32 Å². The van der Waals surface area contributed by atoms with E-state index in [-0.39, 0.29) is 12.2 Å². The Labute approximate surface area is 153 Å². The van der Waals surface area contributed by atoms with Gasteiger partial charge in [-0.1, -0.05) is 23.7 Å². The Kier molecular flexibility index (Phi) is 6.91. The summed E-state index contributed by atoms with van der Waals surface area (Å²) in [6.07, 6.45) is -0.102. The van der Waals surface area contributed by atoms with E-state index in [0.717, 1.165) is 12.1 Å². The molecule has 0 aliphatic rings. The first kappa shape index (κ1) is 19.7. The number of carbonyl (C=O) groups is 2. The summed E-state index contributed by atoms with van der Waals surface area (Å²) in [7, 11) is 1.24. The highest BCUT2D eigenvalue weighted by atomic mass is 35.5. The number of rotatable bonds is 7. The summed E-state index contributed by atoms with van der Waals surface area (Å²) in [5.41, 5.74) is 0.640. The summed E-state index contributed by atoms with van der Waals surface area (Å²) in [5, 5.41) is 3.12. The summed E-state index contributed by atoms with van der Waals surface area (Å²) in [6.45, 7) is -0.506. The first-order chi connectivity index (χ1) is 12.4. The lowest BCUT2D eigenvalue weighted by molar-refractivity contribution is -0.141. The number of halogens is 3. The highest BCUT2D eigenvalue weighted by Gasteiger charge is 2.19. The van der Waals surface area contributed by atoms with Crippen molar-refractivity contribution in [3.63, 3.8) is 0 Å². The summed E-state index contributed by atoms with van der Waals surface area (Å²) >= 11 is 5.84. The number of benzene rings is 2. The van der Waals surface area contributed by atoms with Gasteiger partial charge in [-0.05, 0) is 29.8 Å². The molecule has 1 amide bonds. The number of hydrogen-bond acceptors (Lipinski definition) is 4. The molecule has 26 heavy (non-hydrogen) atoms. The van der Waals surface area contributed by atoms with Gasteiger partial charge in [-0.2, -0.15) is 0 Å². The minimum absolute atomic E-state index is 0.102. The Balaban J connectivity index is 2.03. The number of carbonyl (C=O) groups excluding carboxylic acids is 2. The van der Waals surface area contributed by atoms with Crippen LogP contribution in [0, 0.1) is 11.6 Å².